The van der Waals surface area contributed by atoms with Crippen LogP contribution in [0.3, 0.4) is 0 Å². The van der Waals surface area contributed by atoms with E-state index in [0.717, 1.165) is 5.92 Å². The summed E-state index contributed by atoms with van der Waals surface area (Å²) in [6.45, 7) is 2.76. The maximum absolute atomic E-state index is 8.37. The summed E-state index contributed by atoms with van der Waals surface area (Å²) in [5.41, 5.74) is 5.38. The van der Waals surface area contributed by atoms with E-state index in [2.05, 4.69) is 17.4 Å². The molecule has 0 spiro atoms. The van der Waals surface area contributed by atoms with Gasteiger partial charge in [0.25, 0.3) is 0 Å². The van der Waals surface area contributed by atoms with Gasteiger partial charge < -0.3 is 16.3 Å². The molecule has 0 aliphatic heterocycles. The van der Waals surface area contributed by atoms with Crippen LogP contribution in [0, 0.1) is 5.92 Å². The van der Waals surface area contributed by atoms with Gasteiger partial charge in [0, 0.05) is 6.04 Å². The average molecular weight is 199 g/mol. The van der Waals surface area contributed by atoms with Gasteiger partial charge >= 0.3 is 0 Å². The lowest BCUT2D eigenvalue weighted by molar-refractivity contribution is 0.289. The number of nitrogens with zero attached hydrogens (tertiary/aromatic N) is 1. The lowest BCUT2D eigenvalue weighted by Crippen LogP contribution is -2.38. The van der Waals surface area contributed by atoms with E-state index in [0.29, 0.717) is 12.6 Å². The molecule has 0 aromatic rings. The highest BCUT2D eigenvalue weighted by molar-refractivity contribution is 5.81. The number of nitrogens with two attached hydrogens (primary N) is 1. The van der Waals surface area contributed by atoms with Gasteiger partial charge in [0.1, 0.15) is 0 Å². The van der Waals surface area contributed by atoms with Crippen LogP contribution >= 0.6 is 0 Å². The third-order valence-corrected chi connectivity index (χ3v) is 3.12. The molecule has 0 radical (unpaired) electrons. The molecule has 14 heavy (non-hydrogen) atoms. The average Bonchev–Trinajstić information content (AvgIpc) is 2.26. The molecule has 1 saturated carbocycles. The van der Waals surface area contributed by atoms with Crippen molar-refractivity contribution < 1.29 is 5.21 Å². The van der Waals surface area contributed by atoms with Gasteiger partial charge in [-0.1, -0.05) is 18.5 Å². The van der Waals surface area contributed by atoms with Crippen molar-refractivity contribution in [1.29, 1.82) is 0 Å². The van der Waals surface area contributed by atoms with E-state index in [1.165, 1.54) is 32.1 Å². The fourth-order valence-electron chi connectivity index (χ4n) is 2.06. The molecule has 1 aliphatic rings. The van der Waals surface area contributed by atoms with E-state index in [1.807, 2.05) is 0 Å². The number of nitrogens with one attached hydrogen (secondary N) is 1. The van der Waals surface area contributed by atoms with Gasteiger partial charge in [-0.15, -0.1) is 0 Å². The lowest BCUT2D eigenvalue weighted by Gasteiger charge is -2.28. The van der Waals surface area contributed by atoms with Gasteiger partial charge in [0.2, 0.25) is 0 Å². The van der Waals surface area contributed by atoms with Crippen molar-refractivity contribution in [3.05, 3.63) is 0 Å². The molecule has 1 fully saturated rings. The molecular formula is C10H21N3O. The first-order chi connectivity index (χ1) is 6.76. The molecule has 0 heterocycles. The van der Waals surface area contributed by atoms with Crippen molar-refractivity contribution >= 4 is 5.84 Å². The zero-order chi connectivity index (χ0) is 10.4. The van der Waals surface area contributed by atoms with Gasteiger partial charge in [-0.3, -0.25) is 0 Å². The molecule has 0 bridgehead atoms. The third-order valence-electron chi connectivity index (χ3n) is 3.12. The monoisotopic (exact) mass is 199 g/mol. The van der Waals surface area contributed by atoms with Gasteiger partial charge in [0.15, 0.2) is 5.84 Å². The summed E-state index contributed by atoms with van der Waals surface area (Å²) in [5.74, 6) is 1.18. The van der Waals surface area contributed by atoms with Crippen LogP contribution in [0.5, 0.6) is 0 Å². The van der Waals surface area contributed by atoms with Crippen LogP contribution < -0.4 is 11.1 Å². The van der Waals surface area contributed by atoms with Gasteiger partial charge in [-0.2, -0.15) is 0 Å². The largest absolute Gasteiger partial charge is 0.409 e. The van der Waals surface area contributed by atoms with E-state index in [1.54, 1.807) is 0 Å². The SMILES string of the molecule is CCC1CCC(NCC(N)=NO)CC1. The highest BCUT2D eigenvalue weighted by Crippen LogP contribution is 2.26. The second kappa shape index (κ2) is 5.86. The van der Waals surface area contributed by atoms with Crippen LogP contribution in [0.1, 0.15) is 39.0 Å². The van der Waals surface area contributed by atoms with E-state index in [4.69, 9.17) is 10.9 Å². The zero-order valence-electron chi connectivity index (χ0n) is 8.87. The number of hydrogen-bond donors (Lipinski definition) is 3. The molecule has 82 valence electrons. The highest BCUT2D eigenvalue weighted by Gasteiger charge is 2.19. The number of rotatable bonds is 4. The van der Waals surface area contributed by atoms with E-state index in [-0.39, 0.29) is 5.84 Å². The Labute approximate surface area is 85.6 Å². The molecule has 0 aromatic carbocycles. The maximum atomic E-state index is 8.37. The summed E-state index contributed by atoms with van der Waals surface area (Å²) in [6, 6.07) is 0.554. The predicted molar refractivity (Wildman–Crippen MR) is 57.4 cm³/mol. The van der Waals surface area contributed by atoms with Crippen LogP contribution in [0.4, 0.5) is 0 Å². The smallest absolute Gasteiger partial charge is 0.153 e. The fourth-order valence-corrected chi connectivity index (χ4v) is 2.06. The maximum Gasteiger partial charge on any atom is 0.153 e. The molecule has 1 aliphatic carbocycles. The minimum absolute atomic E-state index is 0.266. The Morgan fingerprint density at radius 3 is 2.57 bits per heavy atom. The standard InChI is InChI=1S/C10H21N3O/c1-2-8-3-5-9(6-4-8)12-7-10(11)13-14/h8-9,12,14H,2-7H2,1H3,(H2,11,13). The second-order valence-corrected chi connectivity index (χ2v) is 4.10. The summed E-state index contributed by atoms with van der Waals surface area (Å²) in [5, 5.41) is 14.6. The zero-order valence-corrected chi connectivity index (χ0v) is 8.87. The Morgan fingerprint density at radius 1 is 1.43 bits per heavy atom. The number of hydrogen-bond acceptors (Lipinski definition) is 3. The predicted octanol–water partition coefficient (Wildman–Crippen LogP) is 1.29. The minimum atomic E-state index is 0.266. The summed E-state index contributed by atoms with van der Waals surface area (Å²) in [7, 11) is 0. The molecule has 4 N–H and O–H groups in total. The normalized spacial score (nSPS) is 29.1. The van der Waals surface area contributed by atoms with Crippen LogP contribution in [0.15, 0.2) is 5.16 Å². The van der Waals surface area contributed by atoms with Crippen LogP contribution in [0.2, 0.25) is 0 Å². The molecule has 0 saturated heterocycles. The summed E-state index contributed by atoms with van der Waals surface area (Å²) in [4.78, 5) is 0. The molecular weight excluding hydrogens is 178 g/mol. The van der Waals surface area contributed by atoms with Crippen molar-refractivity contribution in [3.63, 3.8) is 0 Å². The van der Waals surface area contributed by atoms with Crippen molar-refractivity contribution in [3.8, 4) is 0 Å². The van der Waals surface area contributed by atoms with Crippen molar-refractivity contribution in [1.82, 2.24) is 5.32 Å². The Hall–Kier alpha value is -0.770. The van der Waals surface area contributed by atoms with Crippen LogP contribution in [-0.4, -0.2) is 23.6 Å². The van der Waals surface area contributed by atoms with E-state index in [9.17, 15) is 0 Å². The van der Waals surface area contributed by atoms with E-state index < -0.39 is 0 Å². The first-order valence-corrected chi connectivity index (χ1v) is 5.46. The quantitative estimate of drug-likeness (QED) is 0.276. The Bertz CT molecular complexity index is 186. The Kier molecular flexibility index (Phi) is 4.73. The molecule has 0 aromatic heterocycles. The Morgan fingerprint density at radius 2 is 2.07 bits per heavy atom. The summed E-state index contributed by atoms with van der Waals surface area (Å²) in [6.07, 6.45) is 6.36. The topological polar surface area (TPSA) is 70.6 Å². The van der Waals surface area contributed by atoms with E-state index >= 15 is 0 Å². The molecule has 4 heteroatoms. The van der Waals surface area contributed by atoms with Gasteiger partial charge in [-0.25, -0.2) is 0 Å². The Balaban J connectivity index is 2.16. The first-order valence-electron chi connectivity index (χ1n) is 5.46. The fraction of sp³-hybridized carbons (Fsp3) is 0.900. The first kappa shape index (κ1) is 11.3. The van der Waals surface area contributed by atoms with Gasteiger partial charge in [-0.05, 0) is 31.6 Å². The third kappa shape index (κ3) is 3.54. The molecule has 1 rings (SSSR count). The van der Waals surface area contributed by atoms with Crippen molar-refractivity contribution in [2.24, 2.45) is 16.8 Å². The molecule has 0 atom stereocenters. The highest BCUT2D eigenvalue weighted by atomic mass is 16.4. The van der Waals surface area contributed by atoms with Crippen LogP contribution in [-0.2, 0) is 0 Å². The van der Waals surface area contributed by atoms with Crippen molar-refractivity contribution in [2.75, 3.05) is 6.54 Å². The summed E-state index contributed by atoms with van der Waals surface area (Å²) >= 11 is 0. The van der Waals surface area contributed by atoms with Crippen LogP contribution in [0.25, 0.3) is 0 Å². The van der Waals surface area contributed by atoms with Gasteiger partial charge in [0.05, 0.1) is 6.54 Å². The number of amidine groups is 1. The second-order valence-electron chi connectivity index (χ2n) is 4.10. The number of oxime groups is 1. The molecule has 0 unspecified atom stereocenters. The lowest BCUT2D eigenvalue weighted by atomic mass is 9.84. The molecule has 4 nitrogen and oxygen atoms in total. The van der Waals surface area contributed by atoms with Crippen molar-refractivity contribution in [2.45, 2.75) is 45.1 Å². The minimum Gasteiger partial charge on any atom is -0.409 e. The molecule has 0 amide bonds. The summed E-state index contributed by atoms with van der Waals surface area (Å²) < 4.78 is 0.